The lowest BCUT2D eigenvalue weighted by Gasteiger charge is -2.40. The van der Waals surface area contributed by atoms with E-state index in [1.165, 1.54) is 17.7 Å². The number of ether oxygens (including phenoxy) is 2. The molecule has 0 aromatic heterocycles. The van der Waals surface area contributed by atoms with Crippen LogP contribution < -0.4 is 10.5 Å². The molecule has 2 heterocycles. The summed E-state index contributed by atoms with van der Waals surface area (Å²) in [6.45, 7) is 0.866. The molecule has 0 radical (unpaired) electrons. The molecule has 21 heavy (non-hydrogen) atoms. The van der Waals surface area contributed by atoms with Crippen molar-refractivity contribution in [2.75, 3.05) is 25.2 Å². The molecule has 2 N–H and O–H groups in total. The molecule has 0 saturated carbocycles. The lowest BCUT2D eigenvalue weighted by molar-refractivity contribution is -0.0831. The summed E-state index contributed by atoms with van der Waals surface area (Å²) < 4.78 is 11.5. The average Bonchev–Trinajstić information content (AvgIpc) is 2.95. The van der Waals surface area contributed by atoms with Crippen molar-refractivity contribution in [3.05, 3.63) is 29.8 Å². The fourth-order valence-corrected chi connectivity index (χ4v) is 4.96. The Morgan fingerprint density at radius 1 is 1.48 bits per heavy atom. The monoisotopic (exact) mass is 307 g/mol. The molecule has 1 aromatic rings. The van der Waals surface area contributed by atoms with Crippen LogP contribution in [0.5, 0.6) is 5.75 Å². The maximum absolute atomic E-state index is 6.54. The Hall–Kier alpha value is -0.710. The van der Waals surface area contributed by atoms with Crippen molar-refractivity contribution in [1.29, 1.82) is 0 Å². The number of hydrogen-bond acceptors (Lipinski definition) is 4. The molecule has 0 bridgehead atoms. The van der Waals surface area contributed by atoms with E-state index in [0.29, 0.717) is 5.92 Å². The van der Waals surface area contributed by atoms with Gasteiger partial charge in [0.1, 0.15) is 5.75 Å². The van der Waals surface area contributed by atoms with Crippen LogP contribution in [0.15, 0.2) is 24.3 Å². The minimum atomic E-state index is 0.117. The van der Waals surface area contributed by atoms with Gasteiger partial charge in [0.2, 0.25) is 0 Å². The molecule has 2 aliphatic heterocycles. The van der Waals surface area contributed by atoms with Crippen LogP contribution in [0.3, 0.4) is 0 Å². The number of methoxy groups -OCH3 is 1. The molecule has 3 unspecified atom stereocenters. The van der Waals surface area contributed by atoms with Crippen molar-refractivity contribution in [1.82, 2.24) is 0 Å². The molecule has 3 nitrogen and oxygen atoms in total. The van der Waals surface area contributed by atoms with Crippen molar-refractivity contribution in [2.24, 2.45) is 11.7 Å². The molecule has 3 atom stereocenters. The zero-order valence-corrected chi connectivity index (χ0v) is 13.5. The Morgan fingerprint density at radius 3 is 3.10 bits per heavy atom. The molecule has 1 spiro atoms. The molecular weight excluding hydrogens is 282 g/mol. The first-order valence-corrected chi connectivity index (χ1v) is 8.97. The minimum absolute atomic E-state index is 0.117. The number of thioether (sulfide) groups is 1. The van der Waals surface area contributed by atoms with Crippen LogP contribution in [0, 0.1) is 5.92 Å². The smallest absolute Gasteiger partial charge is 0.122 e. The van der Waals surface area contributed by atoms with E-state index in [4.69, 9.17) is 15.2 Å². The van der Waals surface area contributed by atoms with Gasteiger partial charge in [0.05, 0.1) is 12.7 Å². The average molecular weight is 307 g/mol. The van der Waals surface area contributed by atoms with Crippen LogP contribution in [-0.4, -0.2) is 36.9 Å². The molecule has 1 aromatic carbocycles. The second-order valence-corrected chi connectivity index (χ2v) is 7.37. The van der Waals surface area contributed by atoms with Crippen LogP contribution in [-0.2, 0) is 11.2 Å². The fraction of sp³-hybridized carbons (Fsp3) is 0.647. The predicted molar refractivity (Wildman–Crippen MR) is 88.0 cm³/mol. The van der Waals surface area contributed by atoms with Gasteiger partial charge in [0.15, 0.2) is 0 Å². The summed E-state index contributed by atoms with van der Waals surface area (Å²) in [5.74, 6) is 3.88. The van der Waals surface area contributed by atoms with Crippen molar-refractivity contribution < 1.29 is 9.47 Å². The summed E-state index contributed by atoms with van der Waals surface area (Å²) in [5, 5.41) is 0. The summed E-state index contributed by atoms with van der Waals surface area (Å²) in [6.07, 6.45) is 4.28. The van der Waals surface area contributed by atoms with Gasteiger partial charge in [-0.25, -0.2) is 0 Å². The van der Waals surface area contributed by atoms with Crippen LogP contribution in [0.25, 0.3) is 0 Å². The van der Waals surface area contributed by atoms with Crippen LogP contribution in [0.1, 0.15) is 24.8 Å². The maximum Gasteiger partial charge on any atom is 0.122 e. The molecule has 2 aliphatic rings. The first kappa shape index (κ1) is 15.2. The summed E-state index contributed by atoms with van der Waals surface area (Å²) in [4.78, 5) is 0. The van der Waals surface area contributed by atoms with E-state index in [9.17, 15) is 0 Å². The second-order valence-electron chi connectivity index (χ2n) is 6.27. The molecule has 116 valence electrons. The fourth-order valence-electron chi connectivity index (χ4n) is 3.59. The lowest BCUT2D eigenvalue weighted by atomic mass is 9.80. The van der Waals surface area contributed by atoms with Gasteiger partial charge in [-0.15, -0.1) is 0 Å². The van der Waals surface area contributed by atoms with Crippen molar-refractivity contribution in [2.45, 2.75) is 37.3 Å². The van der Waals surface area contributed by atoms with E-state index >= 15 is 0 Å². The lowest BCUT2D eigenvalue weighted by Crippen LogP contribution is -2.46. The van der Waals surface area contributed by atoms with E-state index in [1.807, 2.05) is 23.9 Å². The standard InChI is InChI=1S/C17H25NO2S/c1-19-16-5-3-2-4-13(16)10-15(18)14-6-8-20-17(11-14)7-9-21-12-17/h2-5,14-15H,6-12,18H2,1H3. The molecule has 2 fully saturated rings. The van der Waals surface area contributed by atoms with Gasteiger partial charge in [-0.1, -0.05) is 18.2 Å². The van der Waals surface area contributed by atoms with Gasteiger partial charge < -0.3 is 15.2 Å². The third kappa shape index (κ3) is 3.38. The number of nitrogens with two attached hydrogens (primary N) is 1. The molecule has 2 saturated heterocycles. The summed E-state index contributed by atoms with van der Waals surface area (Å²) in [6, 6.07) is 8.39. The molecular formula is C17H25NO2S. The van der Waals surface area contributed by atoms with Gasteiger partial charge in [-0.2, -0.15) is 11.8 Å². The van der Waals surface area contributed by atoms with Gasteiger partial charge in [-0.3, -0.25) is 0 Å². The third-order valence-electron chi connectivity index (χ3n) is 4.85. The van der Waals surface area contributed by atoms with E-state index < -0.39 is 0 Å². The summed E-state index contributed by atoms with van der Waals surface area (Å²) >= 11 is 2.02. The summed E-state index contributed by atoms with van der Waals surface area (Å²) in [5.41, 5.74) is 7.87. The van der Waals surface area contributed by atoms with Crippen molar-refractivity contribution in [3.8, 4) is 5.75 Å². The summed E-state index contributed by atoms with van der Waals surface area (Å²) in [7, 11) is 1.73. The Morgan fingerprint density at radius 2 is 2.33 bits per heavy atom. The highest BCUT2D eigenvalue weighted by molar-refractivity contribution is 7.99. The van der Waals surface area contributed by atoms with E-state index in [0.717, 1.165) is 37.4 Å². The van der Waals surface area contributed by atoms with E-state index in [2.05, 4.69) is 12.1 Å². The van der Waals surface area contributed by atoms with Gasteiger partial charge in [-0.05, 0) is 49.0 Å². The minimum Gasteiger partial charge on any atom is -0.496 e. The van der Waals surface area contributed by atoms with Crippen LogP contribution >= 0.6 is 11.8 Å². The predicted octanol–water partition coefficient (Wildman–Crippen LogP) is 2.87. The zero-order chi connectivity index (χ0) is 14.7. The maximum atomic E-state index is 6.54. The Labute approximate surface area is 131 Å². The highest BCUT2D eigenvalue weighted by Crippen LogP contribution is 2.41. The number of para-hydroxylation sites is 1. The van der Waals surface area contributed by atoms with E-state index in [-0.39, 0.29) is 11.6 Å². The molecule has 3 rings (SSSR count). The first-order chi connectivity index (χ1) is 10.2. The highest BCUT2D eigenvalue weighted by atomic mass is 32.2. The Bertz CT molecular complexity index is 474. The number of hydrogen-bond donors (Lipinski definition) is 1. The first-order valence-electron chi connectivity index (χ1n) is 7.82. The van der Waals surface area contributed by atoms with Crippen LogP contribution in [0.4, 0.5) is 0 Å². The Kier molecular flexibility index (Phi) is 4.77. The zero-order valence-electron chi connectivity index (χ0n) is 12.7. The number of rotatable bonds is 4. The Balaban J connectivity index is 1.66. The van der Waals surface area contributed by atoms with Gasteiger partial charge in [0, 0.05) is 18.4 Å². The normalized spacial score (nSPS) is 30.5. The highest BCUT2D eigenvalue weighted by Gasteiger charge is 2.41. The number of benzene rings is 1. The van der Waals surface area contributed by atoms with Gasteiger partial charge in [0.25, 0.3) is 0 Å². The van der Waals surface area contributed by atoms with Gasteiger partial charge >= 0.3 is 0 Å². The second kappa shape index (κ2) is 6.59. The third-order valence-corrected chi connectivity index (χ3v) is 6.07. The van der Waals surface area contributed by atoms with Crippen molar-refractivity contribution >= 4 is 11.8 Å². The molecule has 4 heteroatoms. The molecule has 0 aliphatic carbocycles. The largest absolute Gasteiger partial charge is 0.496 e. The SMILES string of the molecule is COc1ccccc1CC(N)C1CCOC2(CCSC2)C1. The molecule has 0 amide bonds. The topological polar surface area (TPSA) is 44.5 Å². The quantitative estimate of drug-likeness (QED) is 0.929. The van der Waals surface area contributed by atoms with Crippen molar-refractivity contribution in [3.63, 3.8) is 0 Å². The van der Waals surface area contributed by atoms with Crippen LogP contribution in [0.2, 0.25) is 0 Å². The van der Waals surface area contributed by atoms with E-state index in [1.54, 1.807) is 7.11 Å².